The summed E-state index contributed by atoms with van der Waals surface area (Å²) in [6.07, 6.45) is 8.64. The second-order valence-corrected chi connectivity index (χ2v) is 16.1. The van der Waals surface area contributed by atoms with Crippen LogP contribution in [-0.2, 0) is 25.9 Å². The third kappa shape index (κ3) is 8.03. The first-order valence-corrected chi connectivity index (χ1v) is 19.8. The molecule has 2 aromatic carbocycles. The highest BCUT2D eigenvalue weighted by molar-refractivity contribution is 8.76. The first kappa shape index (κ1) is 38.1. The van der Waals surface area contributed by atoms with Crippen LogP contribution in [0.3, 0.4) is 0 Å². The van der Waals surface area contributed by atoms with Crippen LogP contribution in [0.2, 0.25) is 0 Å². The van der Waals surface area contributed by atoms with E-state index in [4.69, 9.17) is 0 Å². The molecule has 10 heteroatoms. The normalized spacial score (nSPS) is 25.5. The van der Waals surface area contributed by atoms with Gasteiger partial charge < -0.3 is 10.2 Å². The van der Waals surface area contributed by atoms with Crippen LogP contribution >= 0.6 is 21.6 Å². The molecule has 0 saturated heterocycles. The van der Waals surface area contributed by atoms with E-state index in [0.29, 0.717) is 23.4 Å². The van der Waals surface area contributed by atoms with Gasteiger partial charge in [-0.2, -0.15) is 10.2 Å². The number of rotatable bonds is 11. The van der Waals surface area contributed by atoms with Gasteiger partial charge in [0.2, 0.25) is 0 Å². The second-order valence-electron chi connectivity index (χ2n) is 14.0. The summed E-state index contributed by atoms with van der Waals surface area (Å²) in [6.45, 7) is 17.4. The lowest BCUT2D eigenvalue weighted by atomic mass is 9.72. The van der Waals surface area contributed by atoms with Crippen molar-refractivity contribution >= 4 is 21.6 Å². The molecule has 2 fully saturated rings. The van der Waals surface area contributed by atoms with Gasteiger partial charge in [-0.1, -0.05) is 116 Å². The minimum Gasteiger partial charge on any atom is -0.387 e. The predicted octanol–water partition coefficient (Wildman–Crippen LogP) is 8.54. The maximum absolute atomic E-state index is 12.2. The fourth-order valence-corrected chi connectivity index (χ4v) is 9.44. The molecule has 2 heterocycles. The van der Waals surface area contributed by atoms with Gasteiger partial charge >= 0.3 is 0 Å². The van der Waals surface area contributed by atoms with Gasteiger partial charge in [-0.15, -0.1) is 0 Å². The minimum absolute atomic E-state index is 0.122. The Hall–Kier alpha value is -2.66. The summed E-state index contributed by atoms with van der Waals surface area (Å²) >= 11 is 0. The third-order valence-electron chi connectivity index (χ3n) is 10.7. The van der Waals surface area contributed by atoms with Gasteiger partial charge in [0.15, 0.2) is 10.3 Å². The highest BCUT2D eigenvalue weighted by Crippen LogP contribution is 2.53. The molecule has 0 amide bonds. The zero-order valence-corrected chi connectivity index (χ0v) is 31.8. The molecule has 0 radical (unpaired) electrons. The summed E-state index contributed by atoms with van der Waals surface area (Å²) in [7, 11) is 2.93. The van der Waals surface area contributed by atoms with E-state index in [9.17, 15) is 10.2 Å². The summed E-state index contributed by atoms with van der Waals surface area (Å²) in [5.74, 6) is 0.245. The van der Waals surface area contributed by atoms with E-state index in [1.807, 2.05) is 49.2 Å². The Kier molecular flexibility index (Phi) is 13.0. The van der Waals surface area contributed by atoms with E-state index in [-0.39, 0.29) is 22.7 Å². The number of benzene rings is 2. The van der Waals surface area contributed by atoms with Crippen molar-refractivity contribution in [1.82, 2.24) is 29.5 Å². The standard InChI is InChI=1S/C34H44N6O2S2.2C2H6/c1-31(2)17-15-27(19-25-11-7-5-8-12-25)33(31,41)21-39-29(35-23-37-39)43-44-30-36-24-38-40(30)22-34(42)28(16-18-32(34,3)4)20-26-13-9-6-10-14-26;2*1-2/h5-14,23-24,27-28,41-42H,15-22H2,1-4H3;2*1-2H3. The minimum atomic E-state index is -0.929. The Morgan fingerprint density at radius 3 is 1.33 bits per heavy atom. The van der Waals surface area contributed by atoms with E-state index in [2.05, 4.69) is 96.4 Å². The molecule has 2 aliphatic rings. The van der Waals surface area contributed by atoms with Gasteiger partial charge in [-0.3, -0.25) is 0 Å². The molecule has 8 nitrogen and oxygen atoms in total. The SMILES string of the molecule is CC.CC.CC1(C)CCC(Cc2ccccc2)C1(O)Cn1ncnc1SSc1ncnn1CC1(O)C(Cc2ccccc2)CCC1(C)C. The van der Waals surface area contributed by atoms with Crippen molar-refractivity contribution in [3.63, 3.8) is 0 Å². The molecule has 262 valence electrons. The molecule has 4 unspecified atom stereocenters. The summed E-state index contributed by atoms with van der Waals surface area (Å²) < 4.78 is 3.68. The molecule has 0 spiro atoms. The Labute approximate surface area is 296 Å². The van der Waals surface area contributed by atoms with Crippen LogP contribution in [0.15, 0.2) is 83.6 Å². The van der Waals surface area contributed by atoms with E-state index < -0.39 is 11.2 Å². The van der Waals surface area contributed by atoms with Crippen molar-refractivity contribution in [3.05, 3.63) is 84.4 Å². The average molecular weight is 693 g/mol. The maximum atomic E-state index is 12.2. The molecule has 2 aromatic heterocycles. The smallest absolute Gasteiger partial charge is 0.197 e. The topological polar surface area (TPSA) is 102 Å². The van der Waals surface area contributed by atoms with Crippen LogP contribution in [0.5, 0.6) is 0 Å². The van der Waals surface area contributed by atoms with Crippen LogP contribution in [0.4, 0.5) is 0 Å². The molecular weight excluding hydrogens is 637 g/mol. The highest BCUT2D eigenvalue weighted by Gasteiger charge is 2.55. The predicted molar refractivity (Wildman–Crippen MR) is 198 cm³/mol. The van der Waals surface area contributed by atoms with Crippen LogP contribution in [-0.4, -0.2) is 50.9 Å². The Morgan fingerprint density at radius 1 is 0.625 bits per heavy atom. The largest absolute Gasteiger partial charge is 0.387 e. The number of aliphatic hydroxyl groups is 2. The molecule has 2 aliphatic carbocycles. The Balaban J connectivity index is 0.00000125. The van der Waals surface area contributed by atoms with E-state index in [0.717, 1.165) is 38.5 Å². The molecule has 2 N–H and O–H groups in total. The number of hydrogen-bond donors (Lipinski definition) is 2. The van der Waals surface area contributed by atoms with Gasteiger partial charge in [0, 0.05) is 0 Å². The number of hydrogen-bond acceptors (Lipinski definition) is 8. The molecule has 4 aromatic rings. The summed E-state index contributed by atoms with van der Waals surface area (Å²) in [5.41, 5.74) is 0.120. The maximum Gasteiger partial charge on any atom is 0.197 e. The first-order chi connectivity index (χ1) is 23.0. The Bertz CT molecular complexity index is 1430. The van der Waals surface area contributed by atoms with Crippen LogP contribution < -0.4 is 0 Å². The van der Waals surface area contributed by atoms with Crippen molar-refractivity contribution in [2.75, 3.05) is 0 Å². The van der Waals surface area contributed by atoms with Crippen LogP contribution in [0.1, 0.15) is 92.2 Å². The Morgan fingerprint density at radius 2 is 0.979 bits per heavy atom. The summed E-state index contributed by atoms with van der Waals surface area (Å²) in [5, 5.41) is 35.0. The molecule has 2 saturated carbocycles. The lowest BCUT2D eigenvalue weighted by Crippen LogP contribution is -2.49. The van der Waals surface area contributed by atoms with Gasteiger partial charge in [0.1, 0.15) is 12.7 Å². The fourth-order valence-electron chi connectivity index (χ4n) is 7.50. The van der Waals surface area contributed by atoms with E-state index in [1.165, 1.54) is 32.7 Å². The molecule has 0 aliphatic heterocycles. The summed E-state index contributed by atoms with van der Waals surface area (Å²) in [6, 6.07) is 20.9. The van der Waals surface area contributed by atoms with E-state index >= 15 is 0 Å². The lowest BCUT2D eigenvalue weighted by Gasteiger charge is -2.41. The average Bonchev–Trinajstić information content (AvgIpc) is 3.83. The zero-order valence-electron chi connectivity index (χ0n) is 30.1. The molecule has 6 rings (SSSR count). The monoisotopic (exact) mass is 692 g/mol. The van der Waals surface area contributed by atoms with Crippen molar-refractivity contribution in [1.29, 1.82) is 0 Å². The number of aromatic nitrogens is 6. The van der Waals surface area contributed by atoms with Crippen LogP contribution in [0, 0.1) is 22.7 Å². The second kappa shape index (κ2) is 16.4. The zero-order chi connectivity index (χ0) is 35.0. The van der Waals surface area contributed by atoms with Gasteiger partial charge in [0.25, 0.3) is 0 Å². The quantitative estimate of drug-likeness (QED) is 0.151. The fraction of sp³-hybridized carbons (Fsp3) is 0.579. The molecular formula is C38H56N6O2S2. The molecule has 4 atom stereocenters. The van der Waals surface area contributed by atoms with Gasteiger partial charge in [0.05, 0.1) is 24.3 Å². The lowest BCUT2D eigenvalue weighted by molar-refractivity contribution is -0.0924. The number of nitrogens with zero attached hydrogens (tertiary/aromatic N) is 6. The molecule has 48 heavy (non-hydrogen) atoms. The van der Waals surface area contributed by atoms with Crippen molar-refractivity contribution in [2.24, 2.45) is 22.7 Å². The van der Waals surface area contributed by atoms with Crippen molar-refractivity contribution in [2.45, 2.75) is 129 Å². The van der Waals surface area contributed by atoms with Gasteiger partial charge in [-0.25, -0.2) is 19.3 Å². The highest BCUT2D eigenvalue weighted by atomic mass is 33.1. The third-order valence-corrected chi connectivity index (χ3v) is 12.9. The van der Waals surface area contributed by atoms with Crippen LogP contribution in [0.25, 0.3) is 0 Å². The van der Waals surface area contributed by atoms with Crippen molar-refractivity contribution in [3.8, 4) is 0 Å². The first-order valence-electron chi connectivity index (χ1n) is 17.6. The summed E-state index contributed by atoms with van der Waals surface area (Å²) in [4.78, 5) is 9.10. The van der Waals surface area contributed by atoms with E-state index in [1.54, 1.807) is 12.7 Å². The van der Waals surface area contributed by atoms with Gasteiger partial charge in [-0.05, 0) is 93.9 Å². The van der Waals surface area contributed by atoms with Crippen molar-refractivity contribution < 1.29 is 10.2 Å². The molecule has 0 bridgehead atoms.